The van der Waals surface area contributed by atoms with Gasteiger partial charge in [-0.1, -0.05) is 40.2 Å². The Morgan fingerprint density at radius 1 is 0.871 bits per heavy atom. The lowest BCUT2D eigenvalue weighted by Crippen LogP contribution is -2.16. The van der Waals surface area contributed by atoms with E-state index in [9.17, 15) is 8.42 Å². The van der Waals surface area contributed by atoms with Gasteiger partial charge in [-0.05, 0) is 55.5 Å². The molecule has 0 radical (unpaired) electrons. The fraction of sp³-hybridized carbons (Fsp3) is 0.0909. The zero-order chi connectivity index (χ0) is 21.8. The highest BCUT2D eigenvalue weighted by Crippen LogP contribution is 2.31. The van der Waals surface area contributed by atoms with Crippen molar-refractivity contribution in [1.82, 2.24) is 9.97 Å². The minimum atomic E-state index is -3.88. The van der Waals surface area contributed by atoms with Crippen LogP contribution in [-0.2, 0) is 10.0 Å². The molecule has 4 aromatic rings. The third-order valence-electron chi connectivity index (χ3n) is 4.37. The molecule has 0 saturated carbocycles. The van der Waals surface area contributed by atoms with Gasteiger partial charge in [0.05, 0.1) is 28.2 Å². The molecule has 7 nitrogen and oxygen atoms in total. The second-order valence-electron chi connectivity index (χ2n) is 6.52. The van der Waals surface area contributed by atoms with E-state index in [1.54, 1.807) is 18.2 Å². The average molecular weight is 499 g/mol. The first-order valence-electron chi connectivity index (χ1n) is 9.50. The molecule has 0 aliphatic rings. The highest BCUT2D eigenvalue weighted by molar-refractivity contribution is 9.10. The van der Waals surface area contributed by atoms with Crippen molar-refractivity contribution < 1.29 is 13.2 Å². The summed E-state index contributed by atoms with van der Waals surface area (Å²) in [4.78, 5) is 9.23. The molecule has 0 saturated heterocycles. The molecule has 0 atom stereocenters. The fourth-order valence-corrected chi connectivity index (χ4v) is 4.21. The van der Waals surface area contributed by atoms with Crippen molar-refractivity contribution in [2.24, 2.45) is 0 Å². The topological polar surface area (TPSA) is 93.2 Å². The lowest BCUT2D eigenvalue weighted by Gasteiger charge is -2.16. The molecular weight excluding hydrogens is 480 g/mol. The van der Waals surface area contributed by atoms with Crippen molar-refractivity contribution in [2.75, 3.05) is 16.6 Å². The van der Waals surface area contributed by atoms with Crippen LogP contribution in [0.1, 0.15) is 6.92 Å². The van der Waals surface area contributed by atoms with E-state index >= 15 is 0 Å². The summed E-state index contributed by atoms with van der Waals surface area (Å²) >= 11 is 3.31. The van der Waals surface area contributed by atoms with Gasteiger partial charge in [0.25, 0.3) is 10.0 Å². The predicted molar refractivity (Wildman–Crippen MR) is 125 cm³/mol. The summed E-state index contributed by atoms with van der Waals surface area (Å²) in [7, 11) is -3.88. The quantitative estimate of drug-likeness (QED) is 0.357. The standard InChI is InChI=1S/C22H19BrN4O3S/c1-2-30-20-10-6-5-9-19(20)26-21-22(25-18-8-4-3-7-17(18)24-21)27-31(28,29)16-13-11-15(23)12-14-16/h3-14H,2H2,1H3,(H,24,26)(H,25,27). The fourth-order valence-electron chi connectivity index (χ4n) is 2.94. The van der Waals surface area contributed by atoms with Gasteiger partial charge in [0.15, 0.2) is 11.6 Å². The Kier molecular flexibility index (Phi) is 6.06. The molecule has 0 fully saturated rings. The van der Waals surface area contributed by atoms with Crippen molar-refractivity contribution in [3.63, 3.8) is 0 Å². The lowest BCUT2D eigenvalue weighted by molar-refractivity contribution is 0.342. The largest absolute Gasteiger partial charge is 0.492 e. The normalized spacial score (nSPS) is 11.3. The third kappa shape index (κ3) is 4.78. The molecule has 3 aromatic carbocycles. The summed E-state index contributed by atoms with van der Waals surface area (Å²) < 4.78 is 35.0. The number of fused-ring (bicyclic) bond motifs is 1. The highest BCUT2D eigenvalue weighted by Gasteiger charge is 2.19. The molecular formula is C22H19BrN4O3S. The highest BCUT2D eigenvalue weighted by atomic mass is 79.9. The van der Waals surface area contributed by atoms with Crippen LogP contribution in [0.2, 0.25) is 0 Å². The number of nitrogens with zero attached hydrogens (tertiary/aromatic N) is 2. The number of halogens is 1. The molecule has 0 aliphatic heterocycles. The summed E-state index contributed by atoms with van der Waals surface area (Å²) in [6, 6.07) is 21.0. The first kappa shape index (κ1) is 21.1. The molecule has 31 heavy (non-hydrogen) atoms. The summed E-state index contributed by atoms with van der Waals surface area (Å²) in [6.07, 6.45) is 0. The Hall–Kier alpha value is -3.17. The van der Waals surface area contributed by atoms with Gasteiger partial charge in [0.1, 0.15) is 5.75 Å². The van der Waals surface area contributed by atoms with Crippen LogP contribution in [0.3, 0.4) is 0 Å². The van der Waals surface area contributed by atoms with Crippen molar-refractivity contribution in [1.29, 1.82) is 0 Å². The monoisotopic (exact) mass is 498 g/mol. The number of hydrogen-bond donors (Lipinski definition) is 2. The van der Waals surface area contributed by atoms with Gasteiger partial charge in [0.2, 0.25) is 0 Å². The Morgan fingerprint density at radius 2 is 1.48 bits per heavy atom. The molecule has 0 spiro atoms. The molecule has 1 heterocycles. The predicted octanol–water partition coefficient (Wildman–Crippen LogP) is 5.34. The molecule has 0 unspecified atom stereocenters. The minimum Gasteiger partial charge on any atom is -0.492 e. The Bertz CT molecular complexity index is 1330. The van der Waals surface area contributed by atoms with Gasteiger partial charge in [-0.3, -0.25) is 4.72 Å². The van der Waals surface area contributed by atoms with Gasteiger partial charge in [-0.2, -0.15) is 0 Å². The number of benzene rings is 3. The van der Waals surface area contributed by atoms with Crippen LogP contribution in [-0.4, -0.2) is 25.0 Å². The van der Waals surface area contributed by atoms with Gasteiger partial charge in [-0.15, -0.1) is 0 Å². The van der Waals surface area contributed by atoms with E-state index in [0.717, 1.165) is 4.47 Å². The van der Waals surface area contributed by atoms with E-state index in [0.29, 0.717) is 29.1 Å². The number of hydrogen-bond acceptors (Lipinski definition) is 6. The summed E-state index contributed by atoms with van der Waals surface area (Å²) in [5, 5.41) is 3.17. The number of nitrogens with one attached hydrogen (secondary N) is 2. The molecule has 0 aliphatic carbocycles. The number of anilines is 3. The van der Waals surface area contributed by atoms with E-state index in [2.05, 4.69) is 35.9 Å². The second kappa shape index (κ2) is 8.91. The summed E-state index contributed by atoms with van der Waals surface area (Å²) in [5.41, 5.74) is 1.85. The molecule has 0 bridgehead atoms. The van der Waals surface area contributed by atoms with Crippen molar-refractivity contribution in [2.45, 2.75) is 11.8 Å². The smallest absolute Gasteiger partial charge is 0.263 e. The van der Waals surface area contributed by atoms with Crippen LogP contribution in [0.5, 0.6) is 5.75 Å². The zero-order valence-corrected chi connectivity index (χ0v) is 18.9. The van der Waals surface area contributed by atoms with Crippen LogP contribution in [0.4, 0.5) is 17.3 Å². The number of para-hydroxylation sites is 4. The first-order valence-corrected chi connectivity index (χ1v) is 11.8. The maximum atomic E-state index is 13.0. The van der Waals surface area contributed by atoms with E-state index in [4.69, 9.17) is 4.74 Å². The lowest BCUT2D eigenvalue weighted by atomic mass is 10.3. The molecule has 4 rings (SSSR count). The van der Waals surface area contributed by atoms with E-state index in [-0.39, 0.29) is 16.5 Å². The first-order chi connectivity index (χ1) is 15.0. The van der Waals surface area contributed by atoms with Crippen LogP contribution < -0.4 is 14.8 Å². The third-order valence-corrected chi connectivity index (χ3v) is 6.25. The van der Waals surface area contributed by atoms with Crippen molar-refractivity contribution >= 4 is 54.3 Å². The number of aromatic nitrogens is 2. The van der Waals surface area contributed by atoms with Crippen LogP contribution >= 0.6 is 15.9 Å². The van der Waals surface area contributed by atoms with Crippen LogP contribution in [0, 0.1) is 0 Å². The van der Waals surface area contributed by atoms with Crippen LogP contribution in [0.25, 0.3) is 11.0 Å². The van der Waals surface area contributed by atoms with E-state index in [1.165, 1.54) is 12.1 Å². The van der Waals surface area contributed by atoms with E-state index in [1.807, 2.05) is 49.4 Å². The van der Waals surface area contributed by atoms with Crippen LogP contribution in [0.15, 0.2) is 82.2 Å². The van der Waals surface area contributed by atoms with Gasteiger partial charge in [-0.25, -0.2) is 18.4 Å². The summed E-state index contributed by atoms with van der Waals surface area (Å²) in [5.74, 6) is 0.987. The van der Waals surface area contributed by atoms with Gasteiger partial charge < -0.3 is 10.1 Å². The Morgan fingerprint density at radius 3 is 2.16 bits per heavy atom. The van der Waals surface area contributed by atoms with Crippen molar-refractivity contribution in [3.8, 4) is 5.75 Å². The van der Waals surface area contributed by atoms with Gasteiger partial charge >= 0.3 is 0 Å². The Labute approximate surface area is 188 Å². The SMILES string of the molecule is CCOc1ccccc1Nc1nc2ccccc2nc1NS(=O)(=O)c1ccc(Br)cc1. The summed E-state index contributed by atoms with van der Waals surface area (Å²) in [6.45, 7) is 2.38. The maximum absolute atomic E-state index is 13.0. The van der Waals surface area contributed by atoms with Gasteiger partial charge in [0, 0.05) is 4.47 Å². The number of ether oxygens (including phenoxy) is 1. The Balaban J connectivity index is 1.78. The molecule has 2 N–H and O–H groups in total. The second-order valence-corrected chi connectivity index (χ2v) is 9.12. The zero-order valence-electron chi connectivity index (χ0n) is 16.5. The molecule has 1 aromatic heterocycles. The maximum Gasteiger partial charge on any atom is 0.263 e. The molecule has 0 amide bonds. The molecule has 9 heteroatoms. The molecule has 158 valence electrons. The number of sulfonamides is 1. The van der Waals surface area contributed by atoms with E-state index < -0.39 is 10.0 Å². The minimum absolute atomic E-state index is 0.0907. The average Bonchev–Trinajstić information content (AvgIpc) is 2.76. The van der Waals surface area contributed by atoms with Crippen molar-refractivity contribution in [3.05, 3.63) is 77.3 Å². The number of rotatable bonds is 7.